The maximum Gasteiger partial charge on any atom is 0.277 e. The molecule has 0 unspecified atom stereocenters. The minimum absolute atomic E-state index is 0.0867. The summed E-state index contributed by atoms with van der Waals surface area (Å²) in [4.78, 5) is 13.7. The molecule has 0 N–H and O–H groups in total. The van der Waals surface area contributed by atoms with Gasteiger partial charge in [-0.15, -0.1) is 10.2 Å². The number of carbonyl (C=O) groups is 1. The van der Waals surface area contributed by atoms with Crippen LogP contribution in [0.5, 0.6) is 0 Å². The van der Waals surface area contributed by atoms with Gasteiger partial charge in [0.15, 0.2) is 0 Å². The number of benzene rings is 2. The summed E-state index contributed by atoms with van der Waals surface area (Å²) in [5.74, 6) is -0.141. The van der Waals surface area contributed by atoms with Crippen LogP contribution in [0.3, 0.4) is 0 Å². The van der Waals surface area contributed by atoms with Gasteiger partial charge in [0.2, 0.25) is 11.8 Å². The molecule has 0 aliphatic heterocycles. The molecule has 0 spiro atoms. The topological polar surface area (TPSA) is 59.2 Å². The average molecular weight is 406 g/mol. The SMILES string of the molecule is Cc1ccc(-c2nnc(SCC(=O)N(C)Cc3c(F)cccc3Cl)o2)cc1. The summed E-state index contributed by atoms with van der Waals surface area (Å²) in [5, 5.41) is 8.55. The Labute approximate surface area is 165 Å². The molecule has 5 nitrogen and oxygen atoms in total. The van der Waals surface area contributed by atoms with Crippen molar-refractivity contribution in [3.63, 3.8) is 0 Å². The van der Waals surface area contributed by atoms with Gasteiger partial charge in [0.25, 0.3) is 5.22 Å². The molecule has 0 saturated carbocycles. The molecule has 1 aromatic heterocycles. The number of nitrogens with zero attached hydrogens (tertiary/aromatic N) is 3. The Balaban J connectivity index is 1.58. The molecule has 0 saturated heterocycles. The predicted molar refractivity (Wildman–Crippen MR) is 103 cm³/mol. The van der Waals surface area contributed by atoms with Crippen LogP contribution < -0.4 is 0 Å². The van der Waals surface area contributed by atoms with E-state index in [1.165, 1.54) is 17.0 Å². The molecule has 27 heavy (non-hydrogen) atoms. The van der Waals surface area contributed by atoms with Crippen LogP contribution in [-0.4, -0.2) is 33.8 Å². The van der Waals surface area contributed by atoms with E-state index in [0.717, 1.165) is 22.9 Å². The van der Waals surface area contributed by atoms with Crippen molar-refractivity contribution in [2.45, 2.75) is 18.7 Å². The predicted octanol–water partition coefficient (Wildman–Crippen LogP) is 4.59. The smallest absolute Gasteiger partial charge is 0.277 e. The first-order valence-corrected chi connectivity index (χ1v) is 9.50. The van der Waals surface area contributed by atoms with Crippen LogP contribution in [0, 0.1) is 12.7 Å². The monoisotopic (exact) mass is 405 g/mol. The Morgan fingerprint density at radius 2 is 1.96 bits per heavy atom. The lowest BCUT2D eigenvalue weighted by atomic mass is 10.1. The summed E-state index contributed by atoms with van der Waals surface area (Å²) in [6.07, 6.45) is 0. The van der Waals surface area contributed by atoms with Crippen LogP contribution in [-0.2, 0) is 11.3 Å². The van der Waals surface area contributed by atoms with Crippen molar-refractivity contribution in [3.8, 4) is 11.5 Å². The van der Waals surface area contributed by atoms with Crippen LogP contribution in [0.25, 0.3) is 11.5 Å². The zero-order valence-corrected chi connectivity index (χ0v) is 16.4. The summed E-state index contributed by atoms with van der Waals surface area (Å²) < 4.78 is 19.4. The lowest BCUT2D eigenvalue weighted by Crippen LogP contribution is -2.28. The van der Waals surface area contributed by atoms with Gasteiger partial charge >= 0.3 is 0 Å². The van der Waals surface area contributed by atoms with Crippen LogP contribution in [0.4, 0.5) is 4.39 Å². The molecule has 1 heterocycles. The van der Waals surface area contributed by atoms with Gasteiger partial charge in [-0.05, 0) is 31.2 Å². The summed E-state index contributed by atoms with van der Waals surface area (Å²) in [5.41, 5.74) is 2.24. The van der Waals surface area contributed by atoms with Gasteiger partial charge in [0, 0.05) is 29.7 Å². The van der Waals surface area contributed by atoms with Crippen molar-refractivity contribution in [2.24, 2.45) is 0 Å². The molecule has 0 radical (unpaired) electrons. The fourth-order valence-corrected chi connectivity index (χ4v) is 3.25. The molecule has 8 heteroatoms. The third-order valence-electron chi connectivity index (χ3n) is 3.91. The maximum atomic E-state index is 13.9. The number of thioether (sulfide) groups is 1. The molecule has 1 amide bonds. The molecular formula is C19H17ClFN3O2S. The van der Waals surface area contributed by atoms with Gasteiger partial charge in [-0.3, -0.25) is 4.79 Å². The number of hydrogen-bond acceptors (Lipinski definition) is 5. The van der Waals surface area contributed by atoms with Crippen molar-refractivity contribution in [1.29, 1.82) is 0 Å². The van der Waals surface area contributed by atoms with Gasteiger partial charge in [0.1, 0.15) is 5.82 Å². The highest BCUT2D eigenvalue weighted by atomic mass is 35.5. The summed E-state index contributed by atoms with van der Waals surface area (Å²) in [6.45, 7) is 2.08. The van der Waals surface area contributed by atoms with Crippen molar-refractivity contribution in [1.82, 2.24) is 15.1 Å². The van der Waals surface area contributed by atoms with Crippen LogP contribution in [0.2, 0.25) is 5.02 Å². The Morgan fingerprint density at radius 3 is 2.67 bits per heavy atom. The van der Waals surface area contributed by atoms with Crippen molar-refractivity contribution < 1.29 is 13.6 Å². The van der Waals surface area contributed by atoms with E-state index in [9.17, 15) is 9.18 Å². The van der Waals surface area contributed by atoms with E-state index in [4.69, 9.17) is 16.0 Å². The first-order chi connectivity index (χ1) is 12.9. The second kappa shape index (κ2) is 8.54. The molecule has 3 aromatic rings. The molecule has 140 valence electrons. The lowest BCUT2D eigenvalue weighted by molar-refractivity contribution is -0.127. The first-order valence-electron chi connectivity index (χ1n) is 8.14. The Hall–Kier alpha value is -2.38. The molecule has 0 aliphatic carbocycles. The van der Waals surface area contributed by atoms with Gasteiger partial charge in [0.05, 0.1) is 5.75 Å². The Morgan fingerprint density at radius 1 is 1.22 bits per heavy atom. The highest BCUT2D eigenvalue weighted by Crippen LogP contribution is 2.24. The van der Waals surface area contributed by atoms with Crippen molar-refractivity contribution >= 4 is 29.3 Å². The van der Waals surface area contributed by atoms with Gasteiger partial charge in [-0.2, -0.15) is 0 Å². The number of hydrogen-bond donors (Lipinski definition) is 0. The van der Waals surface area contributed by atoms with E-state index in [1.807, 2.05) is 31.2 Å². The third kappa shape index (κ3) is 4.87. The molecule has 0 fully saturated rings. The Kier molecular flexibility index (Phi) is 6.13. The highest BCUT2D eigenvalue weighted by Gasteiger charge is 2.16. The molecule has 0 bridgehead atoms. The van der Waals surface area contributed by atoms with Gasteiger partial charge in [-0.1, -0.05) is 47.1 Å². The normalized spacial score (nSPS) is 10.8. The molecule has 0 atom stereocenters. The van der Waals surface area contributed by atoms with E-state index >= 15 is 0 Å². The van der Waals surface area contributed by atoms with Crippen LogP contribution in [0.1, 0.15) is 11.1 Å². The third-order valence-corrected chi connectivity index (χ3v) is 5.06. The standard InChI is InChI=1S/C19H17ClFN3O2S/c1-12-6-8-13(9-7-12)18-22-23-19(26-18)27-11-17(25)24(2)10-14-15(20)4-3-5-16(14)21/h3-9H,10-11H2,1-2H3. The molecule has 3 rings (SSSR count). The average Bonchev–Trinajstić information content (AvgIpc) is 3.12. The second-order valence-corrected chi connectivity index (χ2v) is 7.31. The number of aryl methyl sites for hydroxylation is 1. The van der Waals surface area contributed by atoms with Gasteiger partial charge < -0.3 is 9.32 Å². The molecule has 2 aromatic carbocycles. The second-order valence-electron chi connectivity index (χ2n) is 5.98. The van der Waals surface area contributed by atoms with E-state index < -0.39 is 5.82 Å². The minimum Gasteiger partial charge on any atom is -0.411 e. The fraction of sp³-hybridized carbons (Fsp3) is 0.211. The number of halogens is 2. The van der Waals surface area contributed by atoms with E-state index in [2.05, 4.69) is 10.2 Å². The highest BCUT2D eigenvalue weighted by molar-refractivity contribution is 7.99. The zero-order valence-electron chi connectivity index (χ0n) is 14.8. The summed E-state index contributed by atoms with van der Waals surface area (Å²) >= 11 is 7.14. The van der Waals surface area contributed by atoms with Crippen LogP contribution >= 0.6 is 23.4 Å². The molecular weight excluding hydrogens is 389 g/mol. The van der Waals surface area contributed by atoms with E-state index in [0.29, 0.717) is 21.7 Å². The quantitative estimate of drug-likeness (QED) is 0.561. The van der Waals surface area contributed by atoms with Gasteiger partial charge in [-0.25, -0.2) is 4.39 Å². The largest absolute Gasteiger partial charge is 0.411 e. The zero-order chi connectivity index (χ0) is 19.4. The van der Waals surface area contributed by atoms with Crippen molar-refractivity contribution in [2.75, 3.05) is 12.8 Å². The first kappa shape index (κ1) is 19.4. The van der Waals surface area contributed by atoms with Crippen LogP contribution in [0.15, 0.2) is 52.1 Å². The molecule has 0 aliphatic rings. The fourth-order valence-electron chi connectivity index (χ4n) is 2.32. The number of amides is 1. The maximum absolute atomic E-state index is 13.9. The number of aromatic nitrogens is 2. The Bertz CT molecular complexity index is 926. The van der Waals surface area contributed by atoms with Crippen molar-refractivity contribution in [3.05, 3.63) is 64.4 Å². The number of carbonyl (C=O) groups excluding carboxylic acids is 1. The lowest BCUT2D eigenvalue weighted by Gasteiger charge is -2.17. The van der Waals surface area contributed by atoms with E-state index in [-0.39, 0.29) is 18.2 Å². The number of rotatable bonds is 6. The summed E-state index contributed by atoms with van der Waals surface area (Å²) in [6, 6.07) is 12.2. The summed E-state index contributed by atoms with van der Waals surface area (Å²) in [7, 11) is 1.59. The van der Waals surface area contributed by atoms with E-state index in [1.54, 1.807) is 13.1 Å². The minimum atomic E-state index is -0.436.